The summed E-state index contributed by atoms with van der Waals surface area (Å²) in [5.41, 5.74) is 6.19. The molecule has 1 aliphatic carbocycles. The van der Waals surface area contributed by atoms with Gasteiger partial charge >= 0.3 is 0 Å². The van der Waals surface area contributed by atoms with Crippen LogP contribution in [0.1, 0.15) is 29.2 Å². The number of hydrogen-bond acceptors (Lipinski definition) is 1. The van der Waals surface area contributed by atoms with E-state index in [-0.39, 0.29) is 6.04 Å². The molecule has 0 amide bonds. The molecule has 2 aromatic carbocycles. The molecule has 1 aliphatic heterocycles. The number of benzene rings is 2. The maximum atomic E-state index is 6.41. The minimum absolute atomic E-state index is 0.0470. The van der Waals surface area contributed by atoms with Crippen molar-refractivity contribution in [3.63, 3.8) is 0 Å². The van der Waals surface area contributed by atoms with E-state index in [0.717, 1.165) is 29.1 Å². The second-order valence-corrected chi connectivity index (χ2v) is 6.43. The van der Waals surface area contributed by atoms with Crippen LogP contribution in [-0.4, -0.2) is 5.11 Å². The third-order valence-corrected chi connectivity index (χ3v) is 4.91. The second-order valence-electron chi connectivity index (χ2n) is 5.61. The van der Waals surface area contributed by atoms with E-state index in [1.165, 1.54) is 16.7 Å². The summed E-state index contributed by atoms with van der Waals surface area (Å²) in [6.45, 7) is 0. The summed E-state index contributed by atoms with van der Waals surface area (Å²) in [5.74, 6) is 0. The van der Waals surface area contributed by atoms with Gasteiger partial charge in [-0.25, -0.2) is 0 Å². The van der Waals surface area contributed by atoms with Gasteiger partial charge in [-0.2, -0.15) is 0 Å². The molecule has 1 heterocycles. The summed E-state index contributed by atoms with van der Waals surface area (Å²) in [4.78, 5) is 0. The highest BCUT2D eigenvalue weighted by Crippen LogP contribution is 2.40. The minimum Gasteiger partial charge on any atom is -0.352 e. The summed E-state index contributed by atoms with van der Waals surface area (Å²) in [6, 6.07) is 16.5. The Hall–Kier alpha value is -1.84. The van der Waals surface area contributed by atoms with Crippen molar-refractivity contribution in [1.82, 2.24) is 10.6 Å². The number of hydrogen-bond donors (Lipinski definition) is 2. The molecule has 0 spiro atoms. The Balaban J connectivity index is 1.88. The number of rotatable bonds is 1. The van der Waals surface area contributed by atoms with E-state index in [1.54, 1.807) is 0 Å². The minimum atomic E-state index is 0.0470. The molecule has 4 rings (SSSR count). The second kappa shape index (κ2) is 5.41. The molecule has 2 N–H and O–H groups in total. The van der Waals surface area contributed by atoms with Gasteiger partial charge in [-0.05, 0) is 47.8 Å². The first-order chi connectivity index (χ1) is 10.7. The molecule has 0 radical (unpaired) electrons. The SMILES string of the molecule is S=C1NC2=C(CCc3ccccc32)[C@H](c2ccccc2Cl)N1. The third kappa shape index (κ3) is 2.21. The highest BCUT2D eigenvalue weighted by molar-refractivity contribution is 7.80. The normalized spacial score (nSPS) is 19.9. The smallest absolute Gasteiger partial charge is 0.171 e. The zero-order chi connectivity index (χ0) is 15.1. The summed E-state index contributed by atoms with van der Waals surface area (Å²) in [5, 5.41) is 8.16. The Kier molecular flexibility index (Phi) is 3.40. The van der Waals surface area contributed by atoms with Crippen molar-refractivity contribution < 1.29 is 0 Å². The van der Waals surface area contributed by atoms with Gasteiger partial charge in [-0.1, -0.05) is 54.1 Å². The van der Waals surface area contributed by atoms with E-state index in [1.807, 2.05) is 18.2 Å². The van der Waals surface area contributed by atoms with E-state index >= 15 is 0 Å². The van der Waals surface area contributed by atoms with Crippen molar-refractivity contribution in [1.29, 1.82) is 0 Å². The summed E-state index contributed by atoms with van der Waals surface area (Å²) >= 11 is 11.8. The van der Waals surface area contributed by atoms with Crippen molar-refractivity contribution in [2.24, 2.45) is 0 Å². The van der Waals surface area contributed by atoms with Gasteiger partial charge in [0.15, 0.2) is 5.11 Å². The molecule has 0 unspecified atom stereocenters. The number of aryl methyl sites for hydroxylation is 1. The molecule has 110 valence electrons. The molecule has 0 aromatic heterocycles. The standard InChI is InChI=1S/C18H15ClN2S/c19-15-8-4-3-7-13(15)17-14-10-9-11-5-1-2-6-12(11)16(14)20-18(22)21-17/h1-8,17H,9-10H2,(H2,20,21,22)/t17-/m0/s1. The predicted octanol–water partition coefficient (Wildman–Crippen LogP) is 4.22. The molecule has 0 fully saturated rings. The molecule has 22 heavy (non-hydrogen) atoms. The summed E-state index contributed by atoms with van der Waals surface area (Å²) in [7, 11) is 0. The zero-order valence-electron chi connectivity index (χ0n) is 11.9. The lowest BCUT2D eigenvalue weighted by Gasteiger charge is -2.36. The van der Waals surface area contributed by atoms with Crippen LogP contribution in [0.25, 0.3) is 5.70 Å². The molecular formula is C18H15ClN2S. The van der Waals surface area contributed by atoms with Gasteiger partial charge in [0.2, 0.25) is 0 Å². The monoisotopic (exact) mass is 326 g/mol. The third-order valence-electron chi connectivity index (χ3n) is 4.35. The van der Waals surface area contributed by atoms with Crippen molar-refractivity contribution in [2.45, 2.75) is 18.9 Å². The first kappa shape index (κ1) is 13.8. The predicted molar refractivity (Wildman–Crippen MR) is 94.7 cm³/mol. The average Bonchev–Trinajstić information content (AvgIpc) is 2.54. The first-order valence-electron chi connectivity index (χ1n) is 7.37. The fourth-order valence-electron chi connectivity index (χ4n) is 3.33. The van der Waals surface area contributed by atoms with E-state index in [4.69, 9.17) is 23.8 Å². The molecule has 0 bridgehead atoms. The van der Waals surface area contributed by atoms with E-state index in [9.17, 15) is 0 Å². The lowest BCUT2D eigenvalue weighted by atomic mass is 9.83. The lowest BCUT2D eigenvalue weighted by Crippen LogP contribution is -2.44. The van der Waals surface area contributed by atoms with Crippen LogP contribution in [0.4, 0.5) is 0 Å². The van der Waals surface area contributed by atoms with E-state index in [0.29, 0.717) is 5.11 Å². The Morgan fingerprint density at radius 3 is 2.64 bits per heavy atom. The van der Waals surface area contributed by atoms with Gasteiger partial charge in [0, 0.05) is 16.3 Å². The van der Waals surface area contributed by atoms with Crippen LogP contribution in [0.3, 0.4) is 0 Å². The van der Waals surface area contributed by atoms with Crippen LogP contribution < -0.4 is 10.6 Å². The molecule has 4 heteroatoms. The molecule has 0 saturated heterocycles. The molecule has 2 aromatic rings. The molecule has 2 nitrogen and oxygen atoms in total. The highest BCUT2D eigenvalue weighted by Gasteiger charge is 2.31. The van der Waals surface area contributed by atoms with Crippen molar-refractivity contribution in [2.75, 3.05) is 0 Å². The van der Waals surface area contributed by atoms with Gasteiger partial charge < -0.3 is 10.6 Å². The van der Waals surface area contributed by atoms with Gasteiger partial charge in [0.05, 0.1) is 6.04 Å². The van der Waals surface area contributed by atoms with Gasteiger partial charge in [-0.15, -0.1) is 0 Å². The fraction of sp³-hybridized carbons (Fsp3) is 0.167. The van der Waals surface area contributed by atoms with Crippen molar-refractivity contribution >= 4 is 34.6 Å². The van der Waals surface area contributed by atoms with Gasteiger partial charge in [0.1, 0.15) is 0 Å². The van der Waals surface area contributed by atoms with Gasteiger partial charge in [0.25, 0.3) is 0 Å². The number of thiocarbonyl (C=S) groups is 1. The highest BCUT2D eigenvalue weighted by atomic mass is 35.5. The van der Waals surface area contributed by atoms with Gasteiger partial charge in [-0.3, -0.25) is 0 Å². The quantitative estimate of drug-likeness (QED) is 0.767. The molecular weight excluding hydrogens is 312 g/mol. The number of nitrogens with one attached hydrogen (secondary N) is 2. The van der Waals surface area contributed by atoms with Crippen LogP contribution in [0.5, 0.6) is 0 Å². The van der Waals surface area contributed by atoms with Crippen LogP contribution in [0.2, 0.25) is 5.02 Å². The van der Waals surface area contributed by atoms with Crippen LogP contribution in [-0.2, 0) is 6.42 Å². The number of halogens is 1. The van der Waals surface area contributed by atoms with Crippen LogP contribution >= 0.6 is 23.8 Å². The molecule has 2 aliphatic rings. The maximum absolute atomic E-state index is 6.41. The first-order valence-corrected chi connectivity index (χ1v) is 8.16. The van der Waals surface area contributed by atoms with Crippen LogP contribution in [0, 0.1) is 0 Å². The summed E-state index contributed by atoms with van der Waals surface area (Å²) in [6.07, 6.45) is 2.05. The van der Waals surface area contributed by atoms with Crippen molar-refractivity contribution in [3.8, 4) is 0 Å². The van der Waals surface area contributed by atoms with E-state index < -0.39 is 0 Å². The lowest BCUT2D eigenvalue weighted by molar-refractivity contribution is 0.667. The molecule has 1 atom stereocenters. The Bertz CT molecular complexity index is 797. The zero-order valence-corrected chi connectivity index (χ0v) is 13.5. The Morgan fingerprint density at radius 2 is 1.77 bits per heavy atom. The largest absolute Gasteiger partial charge is 0.352 e. The van der Waals surface area contributed by atoms with E-state index in [2.05, 4.69) is 41.0 Å². The van der Waals surface area contributed by atoms with Crippen molar-refractivity contribution in [3.05, 3.63) is 75.8 Å². The Labute approximate surface area is 140 Å². The fourth-order valence-corrected chi connectivity index (χ4v) is 3.79. The maximum Gasteiger partial charge on any atom is 0.171 e. The number of fused-ring (bicyclic) bond motifs is 2. The Morgan fingerprint density at radius 1 is 1.00 bits per heavy atom. The topological polar surface area (TPSA) is 24.1 Å². The summed E-state index contributed by atoms with van der Waals surface area (Å²) < 4.78 is 0. The van der Waals surface area contributed by atoms with Crippen LogP contribution in [0.15, 0.2) is 54.1 Å². The molecule has 0 saturated carbocycles. The average molecular weight is 327 g/mol.